The second-order valence-electron chi connectivity index (χ2n) is 3.28. The summed E-state index contributed by atoms with van der Waals surface area (Å²) >= 11 is 16.9. The zero-order chi connectivity index (χ0) is 8.82. The van der Waals surface area contributed by atoms with Gasteiger partial charge in [-0.25, -0.2) is 4.99 Å². The summed E-state index contributed by atoms with van der Waals surface area (Å²) in [6.45, 7) is 0.580. The maximum atomic E-state index is 5.62. The standard InChI is InChI=1S/C7H8Cl3NO/c8-7(9,10)5-11-6(4-12-5)2-1-3-6/h1-4H2. The minimum absolute atomic E-state index is 0.0424. The van der Waals surface area contributed by atoms with E-state index < -0.39 is 3.79 Å². The summed E-state index contributed by atoms with van der Waals surface area (Å²) in [6, 6.07) is 0. The van der Waals surface area contributed by atoms with Crippen LogP contribution >= 0.6 is 34.8 Å². The maximum absolute atomic E-state index is 5.62. The third kappa shape index (κ3) is 1.40. The Labute approximate surface area is 85.8 Å². The first-order valence-electron chi connectivity index (χ1n) is 3.82. The molecule has 0 atom stereocenters. The third-order valence-corrected chi connectivity index (χ3v) is 2.83. The Bertz CT molecular complexity index is 229. The van der Waals surface area contributed by atoms with Crippen molar-refractivity contribution in [3.63, 3.8) is 0 Å². The van der Waals surface area contributed by atoms with Crippen LogP contribution in [-0.4, -0.2) is 21.8 Å². The molecule has 1 heterocycles. The van der Waals surface area contributed by atoms with Gasteiger partial charge >= 0.3 is 0 Å². The molecule has 2 aliphatic rings. The molecule has 0 aromatic heterocycles. The van der Waals surface area contributed by atoms with E-state index in [4.69, 9.17) is 39.5 Å². The predicted octanol–water partition coefficient (Wildman–Crippen LogP) is 2.71. The van der Waals surface area contributed by atoms with Crippen LogP contribution in [0.15, 0.2) is 4.99 Å². The van der Waals surface area contributed by atoms with Gasteiger partial charge in [0.15, 0.2) is 0 Å². The highest BCUT2D eigenvalue weighted by Gasteiger charge is 2.46. The number of aliphatic imine (C=N–C) groups is 1. The normalized spacial score (nSPS) is 26.4. The molecule has 12 heavy (non-hydrogen) atoms. The van der Waals surface area contributed by atoms with E-state index in [1.165, 1.54) is 6.42 Å². The van der Waals surface area contributed by atoms with Crippen LogP contribution in [0.4, 0.5) is 0 Å². The maximum Gasteiger partial charge on any atom is 0.266 e. The molecule has 1 fully saturated rings. The summed E-state index contributed by atoms with van der Waals surface area (Å²) in [7, 11) is 0. The molecule has 2 rings (SSSR count). The van der Waals surface area contributed by atoms with Crippen molar-refractivity contribution in [3.8, 4) is 0 Å². The molecule has 1 spiro atoms. The van der Waals surface area contributed by atoms with Gasteiger partial charge in [-0.3, -0.25) is 0 Å². The van der Waals surface area contributed by atoms with Gasteiger partial charge in [-0.2, -0.15) is 0 Å². The summed E-state index contributed by atoms with van der Waals surface area (Å²) in [4.78, 5) is 4.30. The lowest BCUT2D eigenvalue weighted by Crippen LogP contribution is -2.36. The molecule has 1 saturated carbocycles. The van der Waals surface area contributed by atoms with Crippen molar-refractivity contribution in [2.75, 3.05) is 6.61 Å². The Morgan fingerprint density at radius 3 is 2.25 bits per heavy atom. The first kappa shape index (κ1) is 8.92. The summed E-state index contributed by atoms with van der Waals surface area (Å²) in [5.74, 6) is 0.257. The van der Waals surface area contributed by atoms with Crippen LogP contribution in [0.2, 0.25) is 0 Å². The van der Waals surface area contributed by atoms with Crippen molar-refractivity contribution in [1.29, 1.82) is 0 Å². The third-order valence-electron chi connectivity index (χ3n) is 2.34. The molecule has 2 nitrogen and oxygen atoms in total. The molecule has 0 N–H and O–H groups in total. The highest BCUT2D eigenvalue weighted by atomic mass is 35.6. The Morgan fingerprint density at radius 1 is 1.33 bits per heavy atom. The van der Waals surface area contributed by atoms with Gasteiger partial charge in [0.05, 0.1) is 5.54 Å². The predicted molar refractivity (Wildman–Crippen MR) is 50.3 cm³/mol. The number of hydrogen-bond donors (Lipinski definition) is 0. The minimum Gasteiger partial charge on any atom is -0.475 e. The van der Waals surface area contributed by atoms with Crippen LogP contribution in [0.5, 0.6) is 0 Å². The zero-order valence-corrected chi connectivity index (χ0v) is 8.59. The first-order chi connectivity index (χ1) is 5.52. The van der Waals surface area contributed by atoms with E-state index in [-0.39, 0.29) is 11.4 Å². The summed E-state index contributed by atoms with van der Waals surface area (Å²) in [5.41, 5.74) is -0.0424. The fourth-order valence-electron chi connectivity index (χ4n) is 1.47. The van der Waals surface area contributed by atoms with E-state index in [2.05, 4.69) is 4.99 Å². The van der Waals surface area contributed by atoms with Crippen molar-refractivity contribution < 1.29 is 4.74 Å². The van der Waals surface area contributed by atoms with Crippen molar-refractivity contribution in [2.24, 2.45) is 4.99 Å². The first-order valence-corrected chi connectivity index (χ1v) is 4.95. The molecular weight excluding hydrogens is 220 g/mol. The Hall–Kier alpha value is 0.340. The van der Waals surface area contributed by atoms with E-state index in [0.717, 1.165) is 12.8 Å². The summed E-state index contributed by atoms with van der Waals surface area (Å²) in [5, 5.41) is 0. The number of hydrogen-bond acceptors (Lipinski definition) is 2. The van der Waals surface area contributed by atoms with E-state index in [1.807, 2.05) is 0 Å². The molecule has 0 bridgehead atoms. The fraction of sp³-hybridized carbons (Fsp3) is 0.857. The lowest BCUT2D eigenvalue weighted by molar-refractivity contribution is 0.174. The molecule has 0 radical (unpaired) electrons. The van der Waals surface area contributed by atoms with Crippen LogP contribution in [0.25, 0.3) is 0 Å². The Kier molecular flexibility index (Phi) is 1.98. The number of nitrogens with zero attached hydrogens (tertiary/aromatic N) is 1. The van der Waals surface area contributed by atoms with E-state index in [0.29, 0.717) is 6.61 Å². The average Bonchev–Trinajstić information content (AvgIpc) is 2.26. The van der Waals surface area contributed by atoms with Crippen molar-refractivity contribution in [1.82, 2.24) is 0 Å². The second-order valence-corrected chi connectivity index (χ2v) is 5.56. The molecule has 0 amide bonds. The number of rotatable bonds is 0. The van der Waals surface area contributed by atoms with Crippen LogP contribution < -0.4 is 0 Å². The monoisotopic (exact) mass is 227 g/mol. The van der Waals surface area contributed by atoms with Crippen molar-refractivity contribution >= 4 is 40.7 Å². The summed E-state index contributed by atoms with van der Waals surface area (Å²) in [6.07, 6.45) is 3.30. The van der Waals surface area contributed by atoms with Gasteiger partial charge in [0, 0.05) is 0 Å². The SMILES string of the molecule is ClC(Cl)(Cl)C1=NC2(CCC2)CO1. The lowest BCUT2D eigenvalue weighted by Gasteiger charge is -2.32. The highest BCUT2D eigenvalue weighted by Crippen LogP contribution is 2.42. The number of ether oxygens (including phenoxy) is 1. The molecule has 0 unspecified atom stereocenters. The van der Waals surface area contributed by atoms with Crippen LogP contribution in [-0.2, 0) is 4.74 Å². The summed E-state index contributed by atoms with van der Waals surface area (Å²) < 4.78 is 3.74. The fourth-order valence-corrected chi connectivity index (χ4v) is 1.76. The molecule has 5 heteroatoms. The Balaban J connectivity index is 2.15. The second kappa shape index (κ2) is 2.66. The topological polar surface area (TPSA) is 21.6 Å². The lowest BCUT2D eigenvalue weighted by atomic mass is 9.78. The van der Waals surface area contributed by atoms with Gasteiger partial charge in [-0.05, 0) is 19.3 Å². The largest absolute Gasteiger partial charge is 0.475 e. The highest BCUT2D eigenvalue weighted by molar-refractivity contribution is 6.76. The van der Waals surface area contributed by atoms with Gasteiger partial charge < -0.3 is 4.74 Å². The van der Waals surface area contributed by atoms with Crippen molar-refractivity contribution in [3.05, 3.63) is 0 Å². The number of halogens is 3. The molecule has 1 aliphatic carbocycles. The van der Waals surface area contributed by atoms with Gasteiger partial charge in [0.2, 0.25) is 5.90 Å². The van der Waals surface area contributed by atoms with Gasteiger partial charge in [-0.15, -0.1) is 0 Å². The quantitative estimate of drug-likeness (QED) is 0.584. The van der Waals surface area contributed by atoms with Crippen LogP contribution in [0, 0.1) is 0 Å². The Morgan fingerprint density at radius 2 is 2.00 bits per heavy atom. The zero-order valence-electron chi connectivity index (χ0n) is 6.32. The molecular formula is C7H8Cl3NO. The molecule has 68 valence electrons. The van der Waals surface area contributed by atoms with E-state index >= 15 is 0 Å². The van der Waals surface area contributed by atoms with Crippen molar-refractivity contribution in [2.45, 2.75) is 28.6 Å². The molecule has 0 aromatic rings. The van der Waals surface area contributed by atoms with Gasteiger partial charge in [0.1, 0.15) is 6.61 Å². The minimum atomic E-state index is -1.49. The van der Waals surface area contributed by atoms with Gasteiger partial charge in [-0.1, -0.05) is 34.8 Å². The average molecular weight is 229 g/mol. The smallest absolute Gasteiger partial charge is 0.266 e. The molecule has 1 aliphatic heterocycles. The number of alkyl halides is 3. The molecule has 0 aromatic carbocycles. The van der Waals surface area contributed by atoms with E-state index in [1.54, 1.807) is 0 Å². The van der Waals surface area contributed by atoms with Crippen LogP contribution in [0.3, 0.4) is 0 Å². The van der Waals surface area contributed by atoms with Crippen LogP contribution in [0.1, 0.15) is 19.3 Å². The van der Waals surface area contributed by atoms with Gasteiger partial charge in [0.25, 0.3) is 3.79 Å². The van der Waals surface area contributed by atoms with E-state index in [9.17, 15) is 0 Å². The molecule has 0 saturated heterocycles.